The molecule has 0 aromatic carbocycles. The summed E-state index contributed by atoms with van der Waals surface area (Å²) in [7, 11) is 0. The van der Waals surface area contributed by atoms with E-state index in [2.05, 4.69) is 22.3 Å². The summed E-state index contributed by atoms with van der Waals surface area (Å²) in [6.07, 6.45) is 7.36. The van der Waals surface area contributed by atoms with Crippen molar-refractivity contribution in [2.45, 2.75) is 51.7 Å². The first kappa shape index (κ1) is 10.3. The smallest absolute Gasteiger partial charge is 0.140 e. The van der Waals surface area contributed by atoms with Gasteiger partial charge in [-0.25, -0.2) is 9.67 Å². The molecule has 0 atom stereocenters. The Labute approximate surface area is 96.4 Å². The Bertz CT molecular complexity index is 340. The highest BCUT2D eigenvalue weighted by Crippen LogP contribution is 2.44. The van der Waals surface area contributed by atoms with Crippen molar-refractivity contribution in [3.63, 3.8) is 0 Å². The molecule has 16 heavy (non-hydrogen) atoms. The molecule has 0 aliphatic heterocycles. The second-order valence-corrected chi connectivity index (χ2v) is 5.07. The molecule has 0 amide bonds. The maximum Gasteiger partial charge on any atom is 0.140 e. The third-order valence-corrected chi connectivity index (χ3v) is 3.75. The molecule has 0 bridgehead atoms. The first-order chi connectivity index (χ1) is 7.88. The minimum absolute atomic E-state index is 0.752. The molecule has 1 aromatic rings. The normalized spacial score (nSPS) is 20.6. The van der Waals surface area contributed by atoms with E-state index in [4.69, 9.17) is 0 Å². The lowest BCUT2D eigenvalue weighted by Gasteiger charge is -2.17. The van der Waals surface area contributed by atoms with Crippen LogP contribution in [0.5, 0.6) is 0 Å². The number of hydrogen-bond donors (Lipinski definition) is 1. The van der Waals surface area contributed by atoms with E-state index in [9.17, 15) is 0 Å². The maximum atomic E-state index is 4.31. The van der Waals surface area contributed by atoms with Gasteiger partial charge in [-0.15, -0.1) is 0 Å². The summed E-state index contributed by atoms with van der Waals surface area (Å²) in [6.45, 7) is 3.90. The van der Waals surface area contributed by atoms with E-state index in [1.54, 1.807) is 6.33 Å². The summed E-state index contributed by atoms with van der Waals surface area (Å²) in [4.78, 5) is 4.31. The molecular weight excluding hydrogens is 200 g/mol. The summed E-state index contributed by atoms with van der Waals surface area (Å²) in [5, 5.41) is 7.90. The second kappa shape index (κ2) is 4.17. The van der Waals surface area contributed by atoms with Crippen LogP contribution in [-0.4, -0.2) is 20.8 Å². The van der Waals surface area contributed by atoms with Gasteiger partial charge in [0.15, 0.2) is 0 Å². The lowest BCUT2D eigenvalue weighted by atomic mass is 10.1. The molecule has 2 aliphatic rings. The predicted octanol–water partition coefficient (Wildman–Crippen LogP) is 1.58. The van der Waals surface area contributed by atoms with Crippen LogP contribution < -0.4 is 5.32 Å². The monoisotopic (exact) mass is 220 g/mol. The molecule has 2 saturated carbocycles. The number of aromatic nitrogens is 3. The third kappa shape index (κ3) is 2.12. The van der Waals surface area contributed by atoms with Crippen LogP contribution in [-0.2, 0) is 13.1 Å². The van der Waals surface area contributed by atoms with Crippen molar-refractivity contribution in [2.24, 2.45) is 11.8 Å². The molecule has 0 radical (unpaired) electrons. The van der Waals surface area contributed by atoms with E-state index >= 15 is 0 Å². The van der Waals surface area contributed by atoms with Crippen molar-refractivity contribution in [1.82, 2.24) is 20.1 Å². The van der Waals surface area contributed by atoms with E-state index in [0.29, 0.717) is 0 Å². The first-order valence-electron chi connectivity index (χ1n) is 6.48. The molecule has 4 nitrogen and oxygen atoms in total. The van der Waals surface area contributed by atoms with Gasteiger partial charge in [-0.2, -0.15) is 5.10 Å². The van der Waals surface area contributed by atoms with Gasteiger partial charge in [-0.3, -0.25) is 0 Å². The average Bonchev–Trinajstić information content (AvgIpc) is 3.19. The minimum Gasteiger partial charge on any atom is -0.306 e. The molecule has 1 aromatic heterocycles. The standard InChI is InChI=1S/C12H20N4/c1-2-16-11(14-8-15-16)7-13-12(9-3-4-9)10-5-6-10/h8-10,12-13H,2-7H2,1H3. The molecule has 0 saturated heterocycles. The number of rotatable bonds is 6. The minimum atomic E-state index is 0.752. The van der Waals surface area contributed by atoms with Crippen molar-refractivity contribution in [1.29, 1.82) is 0 Å². The van der Waals surface area contributed by atoms with Crippen LogP contribution in [0, 0.1) is 11.8 Å². The lowest BCUT2D eigenvalue weighted by molar-refractivity contribution is 0.404. The topological polar surface area (TPSA) is 42.7 Å². The van der Waals surface area contributed by atoms with Crippen molar-refractivity contribution >= 4 is 0 Å². The van der Waals surface area contributed by atoms with Gasteiger partial charge >= 0.3 is 0 Å². The van der Waals surface area contributed by atoms with Gasteiger partial charge in [-0.1, -0.05) is 0 Å². The van der Waals surface area contributed by atoms with Gasteiger partial charge in [0.1, 0.15) is 12.2 Å². The van der Waals surface area contributed by atoms with E-state index in [1.165, 1.54) is 25.7 Å². The zero-order valence-corrected chi connectivity index (χ0v) is 9.89. The Kier molecular flexibility index (Phi) is 2.67. The summed E-state index contributed by atoms with van der Waals surface area (Å²) in [6, 6.07) is 0.752. The van der Waals surface area contributed by atoms with Crippen LogP contribution >= 0.6 is 0 Å². The average molecular weight is 220 g/mol. The van der Waals surface area contributed by atoms with E-state index in [1.807, 2.05) is 4.68 Å². The lowest BCUT2D eigenvalue weighted by Crippen LogP contribution is -2.33. The fourth-order valence-electron chi connectivity index (χ4n) is 2.53. The molecule has 1 N–H and O–H groups in total. The van der Waals surface area contributed by atoms with Gasteiger partial charge in [0.2, 0.25) is 0 Å². The van der Waals surface area contributed by atoms with Crippen molar-refractivity contribution < 1.29 is 0 Å². The number of aryl methyl sites for hydroxylation is 1. The van der Waals surface area contributed by atoms with Gasteiger partial charge in [0.25, 0.3) is 0 Å². The van der Waals surface area contributed by atoms with Crippen LogP contribution in [0.3, 0.4) is 0 Å². The Balaban J connectivity index is 1.58. The number of hydrogen-bond acceptors (Lipinski definition) is 3. The van der Waals surface area contributed by atoms with Gasteiger partial charge in [0, 0.05) is 12.6 Å². The van der Waals surface area contributed by atoms with Crippen molar-refractivity contribution in [2.75, 3.05) is 0 Å². The molecule has 4 heteroatoms. The van der Waals surface area contributed by atoms with Crippen molar-refractivity contribution in [3.8, 4) is 0 Å². The highest BCUT2D eigenvalue weighted by Gasteiger charge is 2.41. The Morgan fingerprint density at radius 2 is 2.06 bits per heavy atom. The first-order valence-corrected chi connectivity index (χ1v) is 6.48. The molecular formula is C12H20N4. The second-order valence-electron chi connectivity index (χ2n) is 5.07. The zero-order valence-electron chi connectivity index (χ0n) is 9.89. The highest BCUT2D eigenvalue weighted by atomic mass is 15.3. The molecule has 3 rings (SSSR count). The molecule has 0 unspecified atom stereocenters. The quantitative estimate of drug-likeness (QED) is 0.791. The van der Waals surface area contributed by atoms with Gasteiger partial charge in [-0.05, 0) is 44.4 Å². The molecule has 88 valence electrons. The highest BCUT2D eigenvalue weighted by molar-refractivity contribution is 4.97. The van der Waals surface area contributed by atoms with E-state index in [0.717, 1.165) is 36.8 Å². The summed E-state index contributed by atoms with van der Waals surface area (Å²) >= 11 is 0. The van der Waals surface area contributed by atoms with Crippen molar-refractivity contribution in [3.05, 3.63) is 12.2 Å². The molecule has 1 heterocycles. The summed E-state index contributed by atoms with van der Waals surface area (Å²) < 4.78 is 1.98. The summed E-state index contributed by atoms with van der Waals surface area (Å²) in [5.74, 6) is 2.98. The molecule has 0 spiro atoms. The SMILES string of the molecule is CCn1ncnc1CNC(C1CC1)C1CC1. The van der Waals surface area contributed by atoms with Crippen LogP contribution in [0.1, 0.15) is 38.4 Å². The third-order valence-electron chi connectivity index (χ3n) is 3.75. The Morgan fingerprint density at radius 3 is 2.62 bits per heavy atom. The largest absolute Gasteiger partial charge is 0.306 e. The fraction of sp³-hybridized carbons (Fsp3) is 0.833. The Morgan fingerprint density at radius 1 is 1.38 bits per heavy atom. The Hall–Kier alpha value is -0.900. The summed E-state index contributed by atoms with van der Waals surface area (Å²) in [5.41, 5.74) is 0. The molecule has 2 aliphatic carbocycles. The maximum absolute atomic E-state index is 4.31. The van der Waals surface area contributed by atoms with E-state index in [-0.39, 0.29) is 0 Å². The predicted molar refractivity (Wildman–Crippen MR) is 61.8 cm³/mol. The molecule has 2 fully saturated rings. The van der Waals surface area contributed by atoms with Crippen LogP contribution in [0.25, 0.3) is 0 Å². The van der Waals surface area contributed by atoms with Gasteiger partial charge < -0.3 is 5.32 Å². The number of nitrogens with one attached hydrogen (secondary N) is 1. The zero-order chi connectivity index (χ0) is 11.0. The fourth-order valence-corrected chi connectivity index (χ4v) is 2.53. The van der Waals surface area contributed by atoms with Crippen LogP contribution in [0.4, 0.5) is 0 Å². The van der Waals surface area contributed by atoms with E-state index < -0.39 is 0 Å². The van der Waals surface area contributed by atoms with Crippen LogP contribution in [0.15, 0.2) is 6.33 Å². The van der Waals surface area contributed by atoms with Gasteiger partial charge in [0.05, 0.1) is 6.54 Å². The van der Waals surface area contributed by atoms with Crippen LogP contribution in [0.2, 0.25) is 0 Å². The number of nitrogens with zero attached hydrogens (tertiary/aromatic N) is 3.